The van der Waals surface area contributed by atoms with E-state index in [1.165, 1.54) is 17.0 Å². The van der Waals surface area contributed by atoms with Crippen LogP contribution in [0, 0.1) is 5.82 Å². The fourth-order valence-electron chi connectivity index (χ4n) is 2.36. The fourth-order valence-corrected chi connectivity index (χ4v) is 3.06. The summed E-state index contributed by atoms with van der Waals surface area (Å²) in [5, 5.41) is 10.9. The third-order valence-electron chi connectivity index (χ3n) is 3.55. The summed E-state index contributed by atoms with van der Waals surface area (Å²) in [5.74, 6) is -2.05. The second kappa shape index (κ2) is 5.37. The number of hydrogen-bond donors (Lipinski definition) is 2. The third-order valence-corrected chi connectivity index (χ3v) is 4.41. The van der Waals surface area contributed by atoms with E-state index in [1.807, 2.05) is 17.5 Å². The van der Waals surface area contributed by atoms with Gasteiger partial charge in [0.25, 0.3) is 0 Å². The van der Waals surface area contributed by atoms with E-state index in [4.69, 9.17) is 10.8 Å². The van der Waals surface area contributed by atoms with E-state index in [9.17, 15) is 9.18 Å². The number of carboxylic acid groups (broad SMARTS) is 1. The van der Waals surface area contributed by atoms with Gasteiger partial charge in [-0.3, -0.25) is 0 Å². The molecule has 1 aromatic heterocycles. The van der Waals surface area contributed by atoms with Gasteiger partial charge in [-0.15, -0.1) is 11.3 Å². The minimum absolute atomic E-state index is 0.303. The van der Waals surface area contributed by atoms with Crippen LogP contribution in [0.5, 0.6) is 0 Å². The number of benzene rings is 1. The SMILES string of the molecule is Nc1cc(C(=O)O)c(F)cc1N(Cc1cccs1)C1CC1. The molecular weight excluding hydrogens is 291 g/mol. The van der Waals surface area contributed by atoms with Gasteiger partial charge in [0.15, 0.2) is 0 Å². The smallest absolute Gasteiger partial charge is 0.338 e. The lowest BCUT2D eigenvalue weighted by Gasteiger charge is -2.26. The predicted octanol–water partition coefficient (Wildman–Crippen LogP) is 3.34. The number of nitrogens with zero attached hydrogens (tertiary/aromatic N) is 1. The zero-order valence-corrected chi connectivity index (χ0v) is 12.1. The predicted molar refractivity (Wildman–Crippen MR) is 81.3 cm³/mol. The Morgan fingerprint density at radius 1 is 1.48 bits per heavy atom. The van der Waals surface area contributed by atoms with Crippen LogP contribution in [0.2, 0.25) is 0 Å². The maximum Gasteiger partial charge on any atom is 0.338 e. The Hall–Kier alpha value is -2.08. The van der Waals surface area contributed by atoms with Crippen LogP contribution in [0.3, 0.4) is 0 Å². The minimum atomic E-state index is -1.30. The molecule has 1 saturated carbocycles. The van der Waals surface area contributed by atoms with Crippen molar-refractivity contribution in [3.05, 3.63) is 45.9 Å². The Morgan fingerprint density at radius 3 is 2.81 bits per heavy atom. The molecule has 21 heavy (non-hydrogen) atoms. The van der Waals surface area contributed by atoms with Crippen molar-refractivity contribution in [1.82, 2.24) is 0 Å². The maximum atomic E-state index is 13.9. The molecule has 6 heteroatoms. The van der Waals surface area contributed by atoms with Gasteiger partial charge in [0.2, 0.25) is 0 Å². The van der Waals surface area contributed by atoms with Crippen LogP contribution in [-0.4, -0.2) is 17.1 Å². The summed E-state index contributed by atoms with van der Waals surface area (Å²) in [6, 6.07) is 6.80. The summed E-state index contributed by atoms with van der Waals surface area (Å²) in [6.07, 6.45) is 2.10. The highest BCUT2D eigenvalue weighted by molar-refractivity contribution is 7.09. The molecule has 1 aromatic carbocycles. The molecule has 1 aliphatic carbocycles. The molecular formula is C15H15FN2O2S. The van der Waals surface area contributed by atoms with Crippen molar-refractivity contribution in [1.29, 1.82) is 0 Å². The zero-order chi connectivity index (χ0) is 15.0. The standard InChI is InChI=1S/C15H15FN2O2S/c16-12-7-14(13(17)6-11(12)15(19)20)18(9-3-4-9)8-10-2-1-5-21-10/h1-2,5-7,9H,3-4,8,17H2,(H,19,20). The molecule has 0 radical (unpaired) electrons. The molecule has 0 aliphatic heterocycles. The molecule has 2 aromatic rings. The molecule has 4 nitrogen and oxygen atoms in total. The molecule has 0 unspecified atom stereocenters. The van der Waals surface area contributed by atoms with Crippen molar-refractivity contribution in [2.45, 2.75) is 25.4 Å². The highest BCUT2D eigenvalue weighted by atomic mass is 32.1. The second-order valence-corrected chi connectivity index (χ2v) is 6.17. The van der Waals surface area contributed by atoms with E-state index in [2.05, 4.69) is 4.90 Å². The Labute approximate surface area is 125 Å². The van der Waals surface area contributed by atoms with Gasteiger partial charge in [-0.1, -0.05) is 6.07 Å². The van der Waals surface area contributed by atoms with E-state index in [0.29, 0.717) is 24.0 Å². The van der Waals surface area contributed by atoms with E-state index >= 15 is 0 Å². The first-order valence-electron chi connectivity index (χ1n) is 6.67. The highest BCUT2D eigenvalue weighted by Gasteiger charge is 2.31. The summed E-state index contributed by atoms with van der Waals surface area (Å²) < 4.78 is 13.9. The van der Waals surface area contributed by atoms with Crippen molar-refractivity contribution >= 4 is 28.7 Å². The Bertz CT molecular complexity index is 669. The summed E-state index contributed by atoms with van der Waals surface area (Å²) in [7, 11) is 0. The molecule has 0 amide bonds. The van der Waals surface area contributed by atoms with Crippen molar-refractivity contribution in [2.75, 3.05) is 10.6 Å². The normalized spacial score (nSPS) is 14.1. The number of carboxylic acids is 1. The lowest BCUT2D eigenvalue weighted by atomic mass is 10.1. The lowest BCUT2D eigenvalue weighted by molar-refractivity contribution is 0.0692. The van der Waals surface area contributed by atoms with Crippen LogP contribution in [0.25, 0.3) is 0 Å². The van der Waals surface area contributed by atoms with E-state index < -0.39 is 11.8 Å². The monoisotopic (exact) mass is 306 g/mol. The quantitative estimate of drug-likeness (QED) is 0.832. The van der Waals surface area contributed by atoms with Gasteiger partial charge in [0, 0.05) is 17.0 Å². The first-order chi connectivity index (χ1) is 10.1. The number of rotatable bonds is 5. The largest absolute Gasteiger partial charge is 0.478 e. The fraction of sp³-hybridized carbons (Fsp3) is 0.267. The minimum Gasteiger partial charge on any atom is -0.478 e. The number of carbonyl (C=O) groups is 1. The number of aromatic carboxylic acids is 1. The van der Waals surface area contributed by atoms with E-state index in [1.54, 1.807) is 11.3 Å². The summed E-state index contributed by atoms with van der Waals surface area (Å²) >= 11 is 1.64. The molecule has 1 heterocycles. The molecule has 0 bridgehead atoms. The number of halogens is 1. The van der Waals surface area contributed by atoms with Gasteiger partial charge in [0.1, 0.15) is 5.82 Å². The first-order valence-corrected chi connectivity index (χ1v) is 7.55. The van der Waals surface area contributed by atoms with Crippen molar-refractivity contribution < 1.29 is 14.3 Å². The number of nitrogen functional groups attached to an aromatic ring is 1. The van der Waals surface area contributed by atoms with Gasteiger partial charge >= 0.3 is 5.97 Å². The molecule has 1 fully saturated rings. The molecule has 110 valence electrons. The third kappa shape index (κ3) is 2.85. The van der Waals surface area contributed by atoms with Gasteiger partial charge in [-0.2, -0.15) is 0 Å². The molecule has 3 N–H and O–H groups in total. The Kier molecular flexibility index (Phi) is 3.55. The van der Waals surface area contributed by atoms with Gasteiger partial charge in [0.05, 0.1) is 23.5 Å². The average molecular weight is 306 g/mol. The molecule has 0 atom stereocenters. The van der Waals surface area contributed by atoms with Crippen LogP contribution >= 0.6 is 11.3 Å². The number of anilines is 2. The van der Waals surface area contributed by atoms with E-state index in [-0.39, 0.29) is 5.56 Å². The van der Waals surface area contributed by atoms with Crippen LogP contribution in [0.4, 0.5) is 15.8 Å². The molecule has 3 rings (SSSR count). The molecule has 0 saturated heterocycles. The van der Waals surface area contributed by atoms with Gasteiger partial charge in [-0.25, -0.2) is 9.18 Å². The average Bonchev–Trinajstić information content (AvgIpc) is 3.15. The maximum absolute atomic E-state index is 13.9. The second-order valence-electron chi connectivity index (χ2n) is 5.13. The number of nitrogens with two attached hydrogens (primary N) is 1. The van der Waals surface area contributed by atoms with Crippen molar-refractivity contribution in [3.8, 4) is 0 Å². The van der Waals surface area contributed by atoms with Crippen LogP contribution in [0.1, 0.15) is 28.1 Å². The summed E-state index contributed by atoms with van der Waals surface area (Å²) in [5.41, 5.74) is 6.45. The zero-order valence-electron chi connectivity index (χ0n) is 11.3. The van der Waals surface area contributed by atoms with Gasteiger partial charge < -0.3 is 15.7 Å². The molecule has 1 aliphatic rings. The van der Waals surface area contributed by atoms with E-state index in [0.717, 1.165) is 12.8 Å². The van der Waals surface area contributed by atoms with Crippen molar-refractivity contribution in [3.63, 3.8) is 0 Å². The topological polar surface area (TPSA) is 66.6 Å². The summed E-state index contributed by atoms with van der Waals surface area (Å²) in [4.78, 5) is 14.2. The van der Waals surface area contributed by atoms with Crippen molar-refractivity contribution in [2.24, 2.45) is 0 Å². The van der Waals surface area contributed by atoms with Crippen LogP contribution in [-0.2, 0) is 6.54 Å². The lowest BCUT2D eigenvalue weighted by Crippen LogP contribution is -2.26. The molecule has 0 spiro atoms. The number of hydrogen-bond acceptors (Lipinski definition) is 4. The van der Waals surface area contributed by atoms with Crippen LogP contribution in [0.15, 0.2) is 29.6 Å². The Morgan fingerprint density at radius 2 is 2.24 bits per heavy atom. The first kappa shape index (κ1) is 13.9. The Balaban J connectivity index is 1.96. The highest BCUT2D eigenvalue weighted by Crippen LogP contribution is 2.37. The summed E-state index contributed by atoms with van der Waals surface area (Å²) in [6.45, 7) is 0.665. The van der Waals surface area contributed by atoms with Gasteiger partial charge in [-0.05, 0) is 30.4 Å². The van der Waals surface area contributed by atoms with Crippen LogP contribution < -0.4 is 10.6 Å². The number of thiophene rings is 1.